The second kappa shape index (κ2) is 7.78. The Morgan fingerprint density at radius 1 is 1.32 bits per heavy atom. The molecule has 0 aliphatic carbocycles. The van der Waals surface area contributed by atoms with Gasteiger partial charge in [0.1, 0.15) is 11.3 Å². The van der Waals surface area contributed by atoms with Crippen LogP contribution in [0.15, 0.2) is 59.4 Å². The highest BCUT2D eigenvalue weighted by molar-refractivity contribution is 6.30. The smallest absolute Gasteiger partial charge is 0.271 e. The Hall–Kier alpha value is -2.63. The van der Waals surface area contributed by atoms with Gasteiger partial charge < -0.3 is 9.73 Å². The minimum atomic E-state index is -0.279. The van der Waals surface area contributed by atoms with Crippen LogP contribution < -0.4 is 5.32 Å². The lowest BCUT2D eigenvalue weighted by Crippen LogP contribution is -2.48. The van der Waals surface area contributed by atoms with Gasteiger partial charge in [-0.25, -0.2) is 0 Å². The van der Waals surface area contributed by atoms with Crippen molar-refractivity contribution in [3.63, 3.8) is 0 Å². The molecule has 1 N–H and O–H groups in total. The van der Waals surface area contributed by atoms with Crippen LogP contribution in [0.4, 0.5) is 0 Å². The van der Waals surface area contributed by atoms with Crippen LogP contribution in [0, 0.1) is 0 Å². The van der Waals surface area contributed by atoms with Crippen molar-refractivity contribution < 1.29 is 9.21 Å². The summed E-state index contributed by atoms with van der Waals surface area (Å²) in [7, 11) is 0. The number of amides is 1. The second-order valence-corrected chi connectivity index (χ2v) is 7.88. The summed E-state index contributed by atoms with van der Waals surface area (Å²) in [5, 5.41) is 4.65. The highest BCUT2D eigenvalue weighted by atomic mass is 35.5. The molecular formula is C22H22ClN3O2. The van der Waals surface area contributed by atoms with Crippen LogP contribution in [-0.4, -0.2) is 41.0 Å². The molecule has 3 heterocycles. The predicted octanol–water partition coefficient (Wildman–Crippen LogP) is 4.39. The molecule has 0 bridgehead atoms. The van der Waals surface area contributed by atoms with E-state index in [1.807, 2.05) is 24.3 Å². The topological polar surface area (TPSA) is 58.4 Å². The van der Waals surface area contributed by atoms with E-state index in [0.29, 0.717) is 11.3 Å². The van der Waals surface area contributed by atoms with Crippen LogP contribution in [0.3, 0.4) is 0 Å². The molecule has 0 saturated carbocycles. The van der Waals surface area contributed by atoms with Gasteiger partial charge >= 0.3 is 0 Å². The number of hydrogen-bond acceptors (Lipinski definition) is 4. The minimum Gasteiger partial charge on any atom is -0.464 e. The highest BCUT2D eigenvalue weighted by Gasteiger charge is 2.35. The number of carbonyl (C=O) groups excluding carboxylic acids is 1. The lowest BCUT2D eigenvalue weighted by molar-refractivity contribution is 0.0905. The van der Waals surface area contributed by atoms with Crippen molar-refractivity contribution in [2.24, 2.45) is 0 Å². The molecule has 4 rings (SSSR count). The van der Waals surface area contributed by atoms with Gasteiger partial charge in [0.15, 0.2) is 0 Å². The van der Waals surface area contributed by atoms with E-state index in [9.17, 15) is 4.79 Å². The first-order valence-corrected chi connectivity index (χ1v) is 9.69. The Morgan fingerprint density at radius 3 is 2.96 bits per heavy atom. The zero-order valence-corrected chi connectivity index (χ0v) is 16.4. The van der Waals surface area contributed by atoms with Gasteiger partial charge in [0.05, 0.1) is 17.2 Å². The van der Waals surface area contributed by atoms with Crippen LogP contribution in [0.2, 0.25) is 5.02 Å². The van der Waals surface area contributed by atoms with E-state index < -0.39 is 0 Å². The standard InChI is InChI=1S/C22H22ClN3O2/c1-22(25-21(27)20-18-9-14-28-19(18)8-11-24-20)10-13-26(15-22)12-2-3-16-4-6-17(23)7-5-16/h2-9,11,14H,10,12-13,15H2,1H3,(H,25,27)/b3-2+. The Labute approximate surface area is 169 Å². The normalized spacial score (nSPS) is 20.2. The summed E-state index contributed by atoms with van der Waals surface area (Å²) in [6.45, 7) is 4.66. The molecule has 1 unspecified atom stereocenters. The predicted molar refractivity (Wildman–Crippen MR) is 111 cm³/mol. The average Bonchev–Trinajstić information content (AvgIpc) is 3.30. The van der Waals surface area contributed by atoms with Gasteiger partial charge in [0.2, 0.25) is 0 Å². The van der Waals surface area contributed by atoms with Crippen LogP contribution in [0.25, 0.3) is 17.0 Å². The number of halogens is 1. The molecule has 1 amide bonds. The van der Waals surface area contributed by atoms with Gasteiger partial charge in [-0.2, -0.15) is 0 Å². The number of aromatic nitrogens is 1. The van der Waals surface area contributed by atoms with Crippen molar-refractivity contribution in [3.05, 3.63) is 71.2 Å². The first-order valence-electron chi connectivity index (χ1n) is 9.32. The fourth-order valence-electron chi connectivity index (χ4n) is 3.64. The third-order valence-electron chi connectivity index (χ3n) is 5.11. The van der Waals surface area contributed by atoms with E-state index in [4.69, 9.17) is 16.0 Å². The molecular weight excluding hydrogens is 374 g/mol. The molecule has 1 saturated heterocycles. The van der Waals surface area contributed by atoms with Crippen LogP contribution >= 0.6 is 11.6 Å². The number of nitrogens with zero attached hydrogens (tertiary/aromatic N) is 2. The zero-order chi connectivity index (χ0) is 19.6. The monoisotopic (exact) mass is 395 g/mol. The van der Waals surface area contributed by atoms with E-state index in [1.165, 1.54) is 0 Å². The molecule has 0 radical (unpaired) electrons. The number of rotatable bonds is 5. The molecule has 1 fully saturated rings. The molecule has 0 spiro atoms. The molecule has 5 nitrogen and oxygen atoms in total. The molecule has 1 atom stereocenters. The first kappa shape index (κ1) is 18.7. The molecule has 2 aromatic heterocycles. The highest BCUT2D eigenvalue weighted by Crippen LogP contribution is 2.23. The Bertz CT molecular complexity index is 1010. The average molecular weight is 396 g/mol. The van der Waals surface area contributed by atoms with Crippen molar-refractivity contribution >= 4 is 34.6 Å². The fourth-order valence-corrected chi connectivity index (χ4v) is 3.76. The van der Waals surface area contributed by atoms with Gasteiger partial charge in [-0.15, -0.1) is 0 Å². The lowest BCUT2D eigenvalue weighted by Gasteiger charge is -2.26. The van der Waals surface area contributed by atoms with E-state index in [2.05, 4.69) is 34.3 Å². The van der Waals surface area contributed by atoms with Crippen molar-refractivity contribution in [1.82, 2.24) is 15.2 Å². The van der Waals surface area contributed by atoms with E-state index in [1.54, 1.807) is 24.6 Å². The molecule has 3 aromatic rings. The van der Waals surface area contributed by atoms with Gasteiger partial charge in [-0.05, 0) is 43.2 Å². The van der Waals surface area contributed by atoms with Crippen molar-refractivity contribution in [1.29, 1.82) is 0 Å². The zero-order valence-electron chi connectivity index (χ0n) is 15.7. The lowest BCUT2D eigenvalue weighted by atomic mass is 10.0. The summed E-state index contributed by atoms with van der Waals surface area (Å²) in [6, 6.07) is 11.3. The molecule has 144 valence electrons. The van der Waals surface area contributed by atoms with E-state index in [0.717, 1.165) is 42.0 Å². The quantitative estimate of drug-likeness (QED) is 0.696. The summed E-state index contributed by atoms with van der Waals surface area (Å²) < 4.78 is 5.37. The molecule has 1 aromatic carbocycles. The number of nitrogens with one attached hydrogen (secondary N) is 1. The largest absolute Gasteiger partial charge is 0.464 e. The molecule has 1 aliphatic heterocycles. The third-order valence-corrected chi connectivity index (χ3v) is 5.36. The SMILES string of the molecule is CC1(NC(=O)c2nccc3occc23)CCN(C/C=C/c2ccc(Cl)cc2)C1. The summed E-state index contributed by atoms with van der Waals surface area (Å²) >= 11 is 5.92. The second-order valence-electron chi connectivity index (χ2n) is 7.45. The summed E-state index contributed by atoms with van der Waals surface area (Å²) in [6.07, 6.45) is 8.31. The number of hydrogen-bond donors (Lipinski definition) is 1. The first-order chi connectivity index (χ1) is 13.5. The van der Waals surface area contributed by atoms with Crippen LogP contribution in [-0.2, 0) is 0 Å². The number of pyridine rings is 1. The minimum absolute atomic E-state index is 0.159. The number of likely N-dealkylation sites (tertiary alicyclic amines) is 1. The summed E-state index contributed by atoms with van der Waals surface area (Å²) in [5.74, 6) is -0.159. The number of benzene rings is 1. The van der Waals surface area contributed by atoms with Crippen molar-refractivity contribution in [3.8, 4) is 0 Å². The van der Waals surface area contributed by atoms with Gasteiger partial charge in [-0.3, -0.25) is 14.7 Å². The van der Waals surface area contributed by atoms with Crippen LogP contribution in [0.5, 0.6) is 0 Å². The van der Waals surface area contributed by atoms with E-state index in [-0.39, 0.29) is 11.4 Å². The van der Waals surface area contributed by atoms with Gasteiger partial charge in [-0.1, -0.05) is 35.9 Å². The Kier molecular flexibility index (Phi) is 5.20. The van der Waals surface area contributed by atoms with Crippen LogP contribution in [0.1, 0.15) is 29.4 Å². The number of carbonyl (C=O) groups is 1. The van der Waals surface area contributed by atoms with Gasteiger partial charge in [0.25, 0.3) is 5.91 Å². The van der Waals surface area contributed by atoms with Crippen molar-refractivity contribution in [2.75, 3.05) is 19.6 Å². The molecule has 28 heavy (non-hydrogen) atoms. The molecule has 6 heteroatoms. The molecule has 1 aliphatic rings. The van der Waals surface area contributed by atoms with E-state index >= 15 is 0 Å². The third kappa shape index (κ3) is 4.11. The maximum atomic E-state index is 12.8. The van der Waals surface area contributed by atoms with Crippen molar-refractivity contribution in [2.45, 2.75) is 18.9 Å². The Balaban J connectivity index is 1.36. The fraction of sp³-hybridized carbons (Fsp3) is 0.273. The maximum absolute atomic E-state index is 12.8. The maximum Gasteiger partial charge on any atom is 0.271 e. The number of furan rings is 1. The Morgan fingerprint density at radius 2 is 2.14 bits per heavy atom. The number of fused-ring (bicyclic) bond motifs is 1. The van der Waals surface area contributed by atoms with Gasteiger partial charge in [0, 0.05) is 30.9 Å². The summed E-state index contributed by atoms with van der Waals surface area (Å²) in [5.41, 5.74) is 1.93. The summed E-state index contributed by atoms with van der Waals surface area (Å²) in [4.78, 5) is 19.4.